The predicted molar refractivity (Wildman–Crippen MR) is 72.2 cm³/mol. The highest BCUT2D eigenvalue weighted by molar-refractivity contribution is 7.07. The molecule has 0 spiro atoms. The molecule has 0 saturated heterocycles. The zero-order valence-corrected chi connectivity index (χ0v) is 10.7. The number of benzene rings is 1. The molecular weight excluding hydrogens is 246 g/mol. The van der Waals surface area contributed by atoms with Gasteiger partial charge in [0.05, 0.1) is 23.7 Å². The molecule has 5 heteroatoms. The molecule has 0 saturated carbocycles. The van der Waals surface area contributed by atoms with Gasteiger partial charge in [-0.3, -0.25) is 4.79 Å². The van der Waals surface area contributed by atoms with E-state index in [-0.39, 0.29) is 11.8 Å². The zero-order valence-electron chi connectivity index (χ0n) is 9.87. The Morgan fingerprint density at radius 2 is 2.17 bits per heavy atom. The van der Waals surface area contributed by atoms with Crippen LogP contribution in [0.2, 0.25) is 0 Å². The van der Waals surface area contributed by atoms with Crippen LogP contribution in [0.1, 0.15) is 17.2 Å². The Labute approximate surface area is 110 Å². The molecule has 2 rings (SSSR count). The Hall–Kier alpha value is -1.72. The summed E-state index contributed by atoms with van der Waals surface area (Å²) in [7, 11) is 0. The van der Waals surface area contributed by atoms with E-state index >= 15 is 0 Å². The second kappa shape index (κ2) is 6.28. The minimum Gasteiger partial charge on any atom is -0.350 e. The van der Waals surface area contributed by atoms with E-state index in [1.54, 1.807) is 5.51 Å². The Bertz CT molecular complexity index is 484. The van der Waals surface area contributed by atoms with Gasteiger partial charge in [-0.1, -0.05) is 30.3 Å². The van der Waals surface area contributed by atoms with Gasteiger partial charge in [0.15, 0.2) is 0 Å². The van der Waals surface area contributed by atoms with Crippen LogP contribution in [0.4, 0.5) is 0 Å². The fourth-order valence-electron chi connectivity index (χ4n) is 1.71. The first kappa shape index (κ1) is 12.7. The SMILES string of the molecule is NCC(C(=O)NCc1cscn1)c1ccccc1. The molecule has 1 unspecified atom stereocenters. The van der Waals surface area contributed by atoms with Gasteiger partial charge in [-0.25, -0.2) is 4.98 Å². The molecule has 0 aliphatic carbocycles. The van der Waals surface area contributed by atoms with E-state index in [9.17, 15) is 4.79 Å². The van der Waals surface area contributed by atoms with Crippen LogP contribution in [0.25, 0.3) is 0 Å². The van der Waals surface area contributed by atoms with Gasteiger partial charge >= 0.3 is 0 Å². The molecule has 1 amide bonds. The number of hydrogen-bond donors (Lipinski definition) is 2. The minimum atomic E-state index is -0.301. The van der Waals surface area contributed by atoms with E-state index < -0.39 is 0 Å². The number of aromatic nitrogens is 1. The molecule has 1 heterocycles. The lowest BCUT2D eigenvalue weighted by Gasteiger charge is -2.14. The summed E-state index contributed by atoms with van der Waals surface area (Å²) < 4.78 is 0. The van der Waals surface area contributed by atoms with E-state index in [0.717, 1.165) is 11.3 Å². The molecule has 1 aromatic carbocycles. The molecule has 1 aromatic heterocycles. The van der Waals surface area contributed by atoms with Crippen molar-refractivity contribution in [2.45, 2.75) is 12.5 Å². The van der Waals surface area contributed by atoms with Gasteiger partial charge in [0.1, 0.15) is 0 Å². The van der Waals surface area contributed by atoms with Gasteiger partial charge in [-0.15, -0.1) is 11.3 Å². The Kier molecular flexibility index (Phi) is 4.44. The number of carbonyl (C=O) groups excluding carboxylic acids is 1. The van der Waals surface area contributed by atoms with Crippen LogP contribution in [0, 0.1) is 0 Å². The summed E-state index contributed by atoms with van der Waals surface area (Å²) in [6.45, 7) is 0.749. The molecule has 1 atom stereocenters. The lowest BCUT2D eigenvalue weighted by molar-refractivity contribution is -0.122. The summed E-state index contributed by atoms with van der Waals surface area (Å²) in [5, 5.41) is 4.78. The van der Waals surface area contributed by atoms with Crippen LogP contribution in [0.5, 0.6) is 0 Å². The second-order valence-corrected chi connectivity index (χ2v) is 4.62. The lowest BCUT2D eigenvalue weighted by Crippen LogP contribution is -2.33. The van der Waals surface area contributed by atoms with Gasteiger partial charge in [0.2, 0.25) is 5.91 Å². The third-order valence-electron chi connectivity index (χ3n) is 2.68. The molecular formula is C13H15N3OS. The number of carbonyl (C=O) groups is 1. The number of nitrogens with two attached hydrogens (primary N) is 1. The highest BCUT2D eigenvalue weighted by Gasteiger charge is 2.18. The van der Waals surface area contributed by atoms with Crippen molar-refractivity contribution in [2.75, 3.05) is 6.54 Å². The largest absolute Gasteiger partial charge is 0.350 e. The summed E-state index contributed by atoms with van der Waals surface area (Å²) in [6.07, 6.45) is 0. The van der Waals surface area contributed by atoms with Gasteiger partial charge < -0.3 is 11.1 Å². The van der Waals surface area contributed by atoms with Crippen molar-refractivity contribution >= 4 is 17.2 Å². The third-order valence-corrected chi connectivity index (χ3v) is 3.32. The average Bonchev–Trinajstić information content (AvgIpc) is 2.92. The zero-order chi connectivity index (χ0) is 12.8. The monoisotopic (exact) mass is 261 g/mol. The van der Waals surface area contributed by atoms with Crippen LogP contribution in [-0.4, -0.2) is 17.4 Å². The number of nitrogens with zero attached hydrogens (tertiary/aromatic N) is 1. The highest BCUT2D eigenvalue weighted by atomic mass is 32.1. The highest BCUT2D eigenvalue weighted by Crippen LogP contribution is 2.14. The van der Waals surface area contributed by atoms with E-state index in [1.807, 2.05) is 35.7 Å². The molecule has 0 radical (unpaired) electrons. The molecule has 94 valence electrons. The lowest BCUT2D eigenvalue weighted by atomic mass is 9.98. The number of rotatable bonds is 5. The summed E-state index contributed by atoms with van der Waals surface area (Å²) >= 11 is 1.51. The number of amides is 1. The number of nitrogens with one attached hydrogen (secondary N) is 1. The van der Waals surface area contributed by atoms with Crippen molar-refractivity contribution in [1.82, 2.24) is 10.3 Å². The fourth-order valence-corrected chi connectivity index (χ4v) is 2.26. The van der Waals surface area contributed by atoms with Crippen LogP contribution < -0.4 is 11.1 Å². The predicted octanol–water partition coefficient (Wildman–Crippen LogP) is 1.50. The summed E-state index contributed by atoms with van der Waals surface area (Å²) in [6, 6.07) is 9.57. The van der Waals surface area contributed by atoms with E-state index in [2.05, 4.69) is 10.3 Å². The molecule has 3 N–H and O–H groups in total. The van der Waals surface area contributed by atoms with Crippen molar-refractivity contribution in [1.29, 1.82) is 0 Å². The van der Waals surface area contributed by atoms with Crippen molar-refractivity contribution in [3.8, 4) is 0 Å². The Morgan fingerprint density at radius 1 is 1.39 bits per heavy atom. The van der Waals surface area contributed by atoms with Gasteiger partial charge in [0.25, 0.3) is 0 Å². The topological polar surface area (TPSA) is 68.0 Å². The summed E-state index contributed by atoms with van der Waals surface area (Å²) in [5.41, 5.74) is 9.24. The van der Waals surface area contributed by atoms with E-state index in [1.165, 1.54) is 11.3 Å². The quantitative estimate of drug-likeness (QED) is 0.857. The maximum atomic E-state index is 12.1. The van der Waals surface area contributed by atoms with Gasteiger partial charge in [-0.2, -0.15) is 0 Å². The smallest absolute Gasteiger partial charge is 0.229 e. The van der Waals surface area contributed by atoms with Crippen molar-refractivity contribution < 1.29 is 4.79 Å². The Morgan fingerprint density at radius 3 is 2.78 bits per heavy atom. The molecule has 0 aliphatic rings. The minimum absolute atomic E-state index is 0.0586. The maximum Gasteiger partial charge on any atom is 0.229 e. The number of hydrogen-bond acceptors (Lipinski definition) is 4. The molecule has 2 aromatic rings. The first-order valence-corrected chi connectivity index (χ1v) is 6.65. The van der Waals surface area contributed by atoms with Gasteiger partial charge in [0, 0.05) is 11.9 Å². The average molecular weight is 261 g/mol. The fraction of sp³-hybridized carbons (Fsp3) is 0.231. The Balaban J connectivity index is 1.98. The van der Waals surface area contributed by atoms with Crippen LogP contribution in [-0.2, 0) is 11.3 Å². The molecule has 0 aliphatic heterocycles. The molecule has 4 nitrogen and oxygen atoms in total. The van der Waals surface area contributed by atoms with Crippen molar-refractivity contribution in [2.24, 2.45) is 5.73 Å². The molecule has 0 fully saturated rings. The van der Waals surface area contributed by atoms with Crippen molar-refractivity contribution in [3.05, 3.63) is 52.5 Å². The van der Waals surface area contributed by atoms with Crippen molar-refractivity contribution in [3.63, 3.8) is 0 Å². The first-order chi connectivity index (χ1) is 8.81. The number of thiazole rings is 1. The van der Waals surface area contributed by atoms with E-state index in [4.69, 9.17) is 5.73 Å². The molecule has 0 bridgehead atoms. The van der Waals surface area contributed by atoms with Gasteiger partial charge in [-0.05, 0) is 5.56 Å². The maximum absolute atomic E-state index is 12.1. The van der Waals surface area contributed by atoms with E-state index in [0.29, 0.717) is 13.1 Å². The second-order valence-electron chi connectivity index (χ2n) is 3.90. The van der Waals surface area contributed by atoms with Crippen LogP contribution in [0.3, 0.4) is 0 Å². The standard InChI is InChI=1S/C13H15N3OS/c14-6-12(10-4-2-1-3-5-10)13(17)15-7-11-8-18-9-16-11/h1-5,8-9,12H,6-7,14H2,(H,15,17). The molecule has 18 heavy (non-hydrogen) atoms. The summed E-state index contributed by atoms with van der Waals surface area (Å²) in [4.78, 5) is 16.2. The summed E-state index contributed by atoms with van der Waals surface area (Å²) in [5.74, 6) is -0.360. The van der Waals surface area contributed by atoms with Crippen LogP contribution >= 0.6 is 11.3 Å². The third kappa shape index (κ3) is 3.15. The van der Waals surface area contributed by atoms with Crippen LogP contribution in [0.15, 0.2) is 41.2 Å². The normalized spacial score (nSPS) is 12.1. The first-order valence-electron chi connectivity index (χ1n) is 5.71.